The van der Waals surface area contributed by atoms with Crippen LogP contribution in [0.15, 0.2) is 42.7 Å². The largest absolute Gasteiger partial charge is 0.460 e. The molecule has 24 heavy (non-hydrogen) atoms. The zero-order valence-corrected chi connectivity index (χ0v) is 13.7. The standard InChI is InChI=1S/C18H22N4O2/c1-13-3-5-14(6-4-13)21-17(23)22-15-7-9-16(10-8-15)24-18-19-11-2-12-20-18/h2-6,11-12,15-16H,7-10H2,1H3,(H2,21,22,23). The van der Waals surface area contributed by atoms with Gasteiger partial charge in [0.2, 0.25) is 0 Å². The first-order valence-corrected chi connectivity index (χ1v) is 8.27. The van der Waals surface area contributed by atoms with Crippen LogP contribution in [0.1, 0.15) is 31.2 Å². The number of nitrogens with zero attached hydrogens (tertiary/aromatic N) is 2. The number of anilines is 1. The van der Waals surface area contributed by atoms with Crippen molar-refractivity contribution in [2.24, 2.45) is 0 Å². The van der Waals surface area contributed by atoms with E-state index in [2.05, 4.69) is 20.6 Å². The summed E-state index contributed by atoms with van der Waals surface area (Å²) in [7, 11) is 0. The molecule has 126 valence electrons. The average molecular weight is 326 g/mol. The van der Waals surface area contributed by atoms with Gasteiger partial charge in [0, 0.05) is 24.1 Å². The third-order valence-electron chi connectivity index (χ3n) is 4.13. The Morgan fingerprint density at radius 1 is 1.08 bits per heavy atom. The van der Waals surface area contributed by atoms with E-state index in [4.69, 9.17) is 4.74 Å². The summed E-state index contributed by atoms with van der Waals surface area (Å²) in [5.41, 5.74) is 1.97. The molecule has 0 radical (unpaired) electrons. The predicted molar refractivity (Wildman–Crippen MR) is 92.0 cm³/mol. The Bertz CT molecular complexity index is 652. The Balaban J connectivity index is 1.41. The van der Waals surface area contributed by atoms with Crippen molar-refractivity contribution in [1.82, 2.24) is 15.3 Å². The Hall–Kier alpha value is -2.63. The van der Waals surface area contributed by atoms with Gasteiger partial charge in [-0.25, -0.2) is 14.8 Å². The maximum atomic E-state index is 12.1. The Kier molecular flexibility index (Phi) is 5.25. The molecule has 2 aromatic rings. The zero-order chi connectivity index (χ0) is 16.8. The van der Waals surface area contributed by atoms with Crippen LogP contribution in [0.4, 0.5) is 10.5 Å². The molecule has 2 N–H and O–H groups in total. The van der Waals surface area contributed by atoms with Gasteiger partial charge in [0.1, 0.15) is 6.10 Å². The summed E-state index contributed by atoms with van der Waals surface area (Å²) in [5, 5.41) is 5.90. The molecule has 1 aliphatic rings. The highest BCUT2D eigenvalue weighted by Gasteiger charge is 2.24. The van der Waals surface area contributed by atoms with Gasteiger partial charge in [-0.3, -0.25) is 0 Å². The minimum atomic E-state index is -0.158. The minimum Gasteiger partial charge on any atom is -0.460 e. The minimum absolute atomic E-state index is 0.116. The van der Waals surface area contributed by atoms with Gasteiger partial charge in [0.25, 0.3) is 0 Å². The summed E-state index contributed by atoms with van der Waals surface area (Å²) < 4.78 is 5.76. The quantitative estimate of drug-likeness (QED) is 0.904. The number of hydrogen-bond acceptors (Lipinski definition) is 4. The average Bonchev–Trinajstić information content (AvgIpc) is 2.60. The fourth-order valence-electron chi connectivity index (χ4n) is 2.81. The molecule has 1 aromatic carbocycles. The summed E-state index contributed by atoms with van der Waals surface area (Å²) in [6.45, 7) is 2.02. The van der Waals surface area contributed by atoms with Crippen molar-refractivity contribution in [3.63, 3.8) is 0 Å². The molecule has 0 aliphatic heterocycles. The monoisotopic (exact) mass is 326 g/mol. The number of aromatic nitrogens is 2. The van der Waals surface area contributed by atoms with Gasteiger partial charge in [-0.1, -0.05) is 17.7 Å². The van der Waals surface area contributed by atoms with Gasteiger partial charge >= 0.3 is 12.0 Å². The zero-order valence-electron chi connectivity index (χ0n) is 13.7. The van der Waals surface area contributed by atoms with Crippen molar-refractivity contribution in [2.75, 3.05) is 5.32 Å². The summed E-state index contributed by atoms with van der Waals surface area (Å²) in [6, 6.07) is 9.96. The number of aryl methyl sites for hydroxylation is 1. The van der Waals surface area contributed by atoms with Crippen LogP contribution in [-0.2, 0) is 0 Å². The highest BCUT2D eigenvalue weighted by molar-refractivity contribution is 5.89. The van der Waals surface area contributed by atoms with Gasteiger partial charge in [-0.15, -0.1) is 0 Å². The first-order valence-electron chi connectivity index (χ1n) is 8.27. The molecule has 2 amide bonds. The van der Waals surface area contributed by atoms with Gasteiger partial charge in [0.15, 0.2) is 0 Å². The van der Waals surface area contributed by atoms with E-state index in [1.54, 1.807) is 18.5 Å². The fraction of sp³-hybridized carbons (Fsp3) is 0.389. The number of nitrogens with one attached hydrogen (secondary N) is 2. The molecule has 3 rings (SSSR count). The Morgan fingerprint density at radius 3 is 2.42 bits per heavy atom. The van der Waals surface area contributed by atoms with Crippen molar-refractivity contribution in [1.29, 1.82) is 0 Å². The third kappa shape index (κ3) is 4.68. The van der Waals surface area contributed by atoms with E-state index in [0.717, 1.165) is 31.4 Å². The highest BCUT2D eigenvalue weighted by atomic mass is 16.5. The van der Waals surface area contributed by atoms with Crippen LogP contribution >= 0.6 is 0 Å². The lowest BCUT2D eigenvalue weighted by Crippen LogP contribution is -2.41. The van der Waals surface area contributed by atoms with Gasteiger partial charge in [-0.2, -0.15) is 0 Å². The van der Waals surface area contributed by atoms with Gasteiger partial charge in [-0.05, 0) is 50.8 Å². The van der Waals surface area contributed by atoms with Gasteiger partial charge in [0.05, 0.1) is 0 Å². The van der Waals surface area contributed by atoms with Crippen LogP contribution in [0.3, 0.4) is 0 Å². The van der Waals surface area contributed by atoms with Crippen molar-refractivity contribution in [3.05, 3.63) is 48.3 Å². The highest BCUT2D eigenvalue weighted by Crippen LogP contribution is 2.22. The number of carbonyl (C=O) groups excluding carboxylic acids is 1. The van der Waals surface area contributed by atoms with Crippen molar-refractivity contribution < 1.29 is 9.53 Å². The molecule has 1 aromatic heterocycles. The molecule has 1 aliphatic carbocycles. The lowest BCUT2D eigenvalue weighted by Gasteiger charge is -2.28. The fourth-order valence-corrected chi connectivity index (χ4v) is 2.81. The summed E-state index contributed by atoms with van der Waals surface area (Å²) in [4.78, 5) is 20.2. The number of ether oxygens (including phenoxy) is 1. The van der Waals surface area contributed by atoms with E-state index in [0.29, 0.717) is 6.01 Å². The first-order chi connectivity index (χ1) is 11.7. The van der Waals surface area contributed by atoms with Crippen molar-refractivity contribution in [3.8, 4) is 6.01 Å². The summed E-state index contributed by atoms with van der Waals surface area (Å²) >= 11 is 0. The Morgan fingerprint density at radius 2 is 1.75 bits per heavy atom. The molecule has 6 nitrogen and oxygen atoms in total. The second kappa shape index (κ2) is 7.77. The lowest BCUT2D eigenvalue weighted by atomic mass is 9.93. The van der Waals surface area contributed by atoms with Crippen LogP contribution in [-0.4, -0.2) is 28.1 Å². The number of carbonyl (C=O) groups is 1. The number of amides is 2. The van der Waals surface area contributed by atoms with E-state index in [-0.39, 0.29) is 18.2 Å². The summed E-state index contributed by atoms with van der Waals surface area (Å²) in [6.07, 6.45) is 7.00. The summed E-state index contributed by atoms with van der Waals surface area (Å²) in [5.74, 6) is 0. The molecule has 0 saturated heterocycles. The molecule has 6 heteroatoms. The molecular weight excluding hydrogens is 304 g/mol. The first kappa shape index (κ1) is 16.2. The molecule has 0 unspecified atom stereocenters. The second-order valence-corrected chi connectivity index (χ2v) is 6.09. The van der Waals surface area contributed by atoms with Crippen molar-refractivity contribution >= 4 is 11.7 Å². The maximum Gasteiger partial charge on any atom is 0.319 e. The number of rotatable bonds is 4. The normalized spacial score (nSPS) is 20.2. The third-order valence-corrected chi connectivity index (χ3v) is 4.13. The van der Waals surface area contributed by atoms with E-state index in [1.165, 1.54) is 5.56 Å². The lowest BCUT2D eigenvalue weighted by molar-refractivity contribution is 0.129. The smallest absolute Gasteiger partial charge is 0.319 e. The molecule has 0 bridgehead atoms. The number of hydrogen-bond donors (Lipinski definition) is 2. The van der Waals surface area contributed by atoms with Crippen LogP contribution in [0.5, 0.6) is 6.01 Å². The molecular formula is C18H22N4O2. The SMILES string of the molecule is Cc1ccc(NC(=O)NC2CCC(Oc3ncccn3)CC2)cc1. The van der Waals surface area contributed by atoms with E-state index < -0.39 is 0 Å². The van der Waals surface area contributed by atoms with E-state index in [1.807, 2.05) is 31.2 Å². The van der Waals surface area contributed by atoms with Crippen LogP contribution < -0.4 is 15.4 Å². The van der Waals surface area contributed by atoms with Crippen molar-refractivity contribution in [2.45, 2.75) is 44.8 Å². The van der Waals surface area contributed by atoms with Crippen LogP contribution in [0.2, 0.25) is 0 Å². The predicted octanol–water partition coefficient (Wildman–Crippen LogP) is 3.30. The molecule has 1 fully saturated rings. The van der Waals surface area contributed by atoms with E-state index >= 15 is 0 Å². The number of benzene rings is 1. The van der Waals surface area contributed by atoms with Crippen LogP contribution in [0, 0.1) is 6.92 Å². The molecule has 0 spiro atoms. The number of urea groups is 1. The van der Waals surface area contributed by atoms with E-state index in [9.17, 15) is 4.79 Å². The molecule has 0 atom stereocenters. The maximum absolute atomic E-state index is 12.1. The Labute approximate surface area is 141 Å². The topological polar surface area (TPSA) is 76.1 Å². The van der Waals surface area contributed by atoms with Crippen LogP contribution in [0.25, 0.3) is 0 Å². The molecule has 1 heterocycles. The second-order valence-electron chi connectivity index (χ2n) is 6.09. The van der Waals surface area contributed by atoms with Gasteiger partial charge < -0.3 is 15.4 Å². The molecule has 1 saturated carbocycles.